The lowest BCUT2D eigenvalue weighted by Crippen LogP contribution is -2.45. The summed E-state index contributed by atoms with van der Waals surface area (Å²) < 4.78 is 1.07. The highest BCUT2D eigenvalue weighted by molar-refractivity contribution is 9.11. The molecule has 7 heteroatoms. The third-order valence-electron chi connectivity index (χ3n) is 6.25. The molecule has 1 aliphatic carbocycles. The Hall–Kier alpha value is -1.01. The van der Waals surface area contributed by atoms with Crippen LogP contribution in [-0.4, -0.2) is 36.5 Å². The number of aryl methyl sites for hydroxylation is 1. The van der Waals surface area contributed by atoms with Gasteiger partial charge in [-0.05, 0) is 82.4 Å². The quantitative estimate of drug-likeness (QED) is 0.556. The zero-order valence-electron chi connectivity index (χ0n) is 17.6. The smallest absolute Gasteiger partial charge is 0.236 e. The first-order chi connectivity index (χ1) is 14.5. The number of hydrogen-bond acceptors (Lipinski definition) is 3. The van der Waals surface area contributed by atoms with Crippen molar-refractivity contribution in [2.75, 3.05) is 19.6 Å². The van der Waals surface area contributed by atoms with Crippen LogP contribution in [0.2, 0.25) is 10.0 Å². The summed E-state index contributed by atoms with van der Waals surface area (Å²) in [6, 6.07) is 4.15. The fourth-order valence-electron chi connectivity index (χ4n) is 4.96. The van der Waals surface area contributed by atoms with Crippen LogP contribution in [0.4, 0.5) is 0 Å². The van der Waals surface area contributed by atoms with Gasteiger partial charge in [-0.1, -0.05) is 37.0 Å². The Morgan fingerprint density at radius 2 is 1.93 bits per heavy atom. The molecule has 3 N–H and O–H groups in total. The van der Waals surface area contributed by atoms with Gasteiger partial charge in [-0.15, -0.1) is 0 Å². The molecule has 0 spiro atoms. The molecular formula is C23H30BrCl2N3O. The van der Waals surface area contributed by atoms with Crippen molar-refractivity contribution in [2.24, 2.45) is 11.7 Å². The second kappa shape index (κ2) is 10.5. The van der Waals surface area contributed by atoms with Crippen molar-refractivity contribution >= 4 is 45.0 Å². The van der Waals surface area contributed by atoms with Gasteiger partial charge in [0.1, 0.15) is 0 Å². The SMILES string of the molecule is CC.NCC(=O)N1CCC(C2c3c(Cl)cc(Cl)cc3CCC3=CC(Br)=CNC32)CC1. The number of dihydropyridines is 1. The van der Waals surface area contributed by atoms with Crippen LogP contribution in [0.1, 0.15) is 50.2 Å². The first-order valence-corrected chi connectivity index (χ1v) is 12.3. The average molecular weight is 515 g/mol. The topological polar surface area (TPSA) is 58.4 Å². The third-order valence-corrected chi connectivity index (χ3v) is 7.24. The number of carbonyl (C=O) groups excluding carboxylic acids is 1. The highest BCUT2D eigenvalue weighted by atomic mass is 79.9. The summed E-state index contributed by atoms with van der Waals surface area (Å²) in [5.41, 5.74) is 9.41. The van der Waals surface area contributed by atoms with Gasteiger partial charge in [-0.25, -0.2) is 0 Å². The molecule has 164 valence electrons. The van der Waals surface area contributed by atoms with Crippen molar-refractivity contribution in [1.82, 2.24) is 10.2 Å². The number of piperidine rings is 1. The summed E-state index contributed by atoms with van der Waals surface area (Å²) in [6.07, 6.45) is 8.08. The van der Waals surface area contributed by atoms with E-state index in [2.05, 4.69) is 33.4 Å². The molecule has 1 fully saturated rings. The van der Waals surface area contributed by atoms with E-state index >= 15 is 0 Å². The molecule has 0 aromatic heterocycles. The molecule has 3 aliphatic rings. The van der Waals surface area contributed by atoms with E-state index in [1.807, 2.05) is 31.0 Å². The van der Waals surface area contributed by atoms with Crippen LogP contribution in [-0.2, 0) is 11.2 Å². The van der Waals surface area contributed by atoms with E-state index in [1.165, 1.54) is 16.7 Å². The lowest BCUT2D eigenvalue weighted by Gasteiger charge is -2.41. The number of carbonyl (C=O) groups is 1. The fourth-order valence-corrected chi connectivity index (χ4v) is 6.04. The normalized spacial score (nSPS) is 23.6. The lowest BCUT2D eigenvalue weighted by molar-refractivity contribution is -0.131. The number of hydrogen-bond donors (Lipinski definition) is 2. The highest BCUT2D eigenvalue weighted by Gasteiger charge is 2.40. The molecule has 0 bridgehead atoms. The van der Waals surface area contributed by atoms with Crippen molar-refractivity contribution in [1.29, 1.82) is 0 Å². The maximum atomic E-state index is 12.0. The first kappa shape index (κ1) is 23.6. The molecule has 0 radical (unpaired) electrons. The van der Waals surface area contributed by atoms with Gasteiger partial charge in [0.15, 0.2) is 0 Å². The highest BCUT2D eigenvalue weighted by Crippen LogP contribution is 2.46. The number of halogens is 3. The van der Waals surface area contributed by atoms with Crippen molar-refractivity contribution in [2.45, 2.75) is 51.5 Å². The Bertz CT molecular complexity index is 847. The average Bonchev–Trinajstić information content (AvgIpc) is 2.91. The van der Waals surface area contributed by atoms with E-state index in [-0.39, 0.29) is 24.4 Å². The maximum absolute atomic E-state index is 12.0. The number of amides is 1. The molecule has 1 saturated heterocycles. The summed E-state index contributed by atoms with van der Waals surface area (Å²) in [5, 5.41) is 5.06. The van der Waals surface area contributed by atoms with Gasteiger partial charge in [-0.3, -0.25) is 4.79 Å². The van der Waals surface area contributed by atoms with Crippen molar-refractivity contribution < 1.29 is 4.79 Å². The van der Waals surface area contributed by atoms with Crippen LogP contribution in [0.5, 0.6) is 0 Å². The Kier molecular flexibility index (Phi) is 8.31. The third kappa shape index (κ3) is 4.90. The summed E-state index contributed by atoms with van der Waals surface area (Å²) >= 11 is 16.7. The van der Waals surface area contributed by atoms with Crippen LogP contribution >= 0.6 is 39.1 Å². The van der Waals surface area contributed by atoms with E-state index in [9.17, 15) is 4.79 Å². The second-order valence-corrected chi connectivity index (χ2v) is 9.56. The van der Waals surface area contributed by atoms with E-state index in [1.54, 1.807) is 0 Å². The van der Waals surface area contributed by atoms with Gasteiger partial charge in [0, 0.05) is 39.7 Å². The van der Waals surface area contributed by atoms with Gasteiger partial charge in [-0.2, -0.15) is 0 Å². The number of likely N-dealkylation sites (tertiary alicyclic amines) is 1. The number of nitrogens with zero attached hydrogens (tertiary/aromatic N) is 1. The van der Waals surface area contributed by atoms with Crippen LogP contribution in [0, 0.1) is 5.92 Å². The minimum atomic E-state index is 0.0350. The number of allylic oxidation sites excluding steroid dienone is 2. The fraction of sp³-hybridized carbons (Fsp3) is 0.522. The molecule has 4 rings (SSSR count). The molecule has 2 unspecified atom stereocenters. The molecule has 0 saturated carbocycles. The predicted octanol–water partition coefficient (Wildman–Crippen LogP) is 5.38. The van der Waals surface area contributed by atoms with Gasteiger partial charge >= 0.3 is 0 Å². The van der Waals surface area contributed by atoms with Gasteiger partial charge < -0.3 is 16.0 Å². The Morgan fingerprint density at radius 3 is 2.60 bits per heavy atom. The van der Waals surface area contributed by atoms with Gasteiger partial charge in [0.05, 0.1) is 12.6 Å². The number of nitrogens with two attached hydrogens (primary N) is 1. The van der Waals surface area contributed by atoms with Crippen molar-refractivity contribution in [3.05, 3.63) is 55.6 Å². The van der Waals surface area contributed by atoms with E-state index in [4.69, 9.17) is 28.9 Å². The lowest BCUT2D eigenvalue weighted by atomic mass is 9.73. The summed E-state index contributed by atoms with van der Waals surface area (Å²) in [6.45, 7) is 5.59. The molecule has 1 aromatic rings. The summed E-state index contributed by atoms with van der Waals surface area (Å²) in [4.78, 5) is 13.9. The molecule has 2 atom stereocenters. The van der Waals surface area contributed by atoms with Crippen LogP contribution < -0.4 is 11.1 Å². The molecule has 1 amide bonds. The molecular weight excluding hydrogens is 485 g/mol. The largest absolute Gasteiger partial charge is 0.383 e. The van der Waals surface area contributed by atoms with Crippen molar-refractivity contribution in [3.63, 3.8) is 0 Å². The Labute approximate surface area is 198 Å². The molecule has 30 heavy (non-hydrogen) atoms. The van der Waals surface area contributed by atoms with E-state index in [0.29, 0.717) is 10.9 Å². The molecule has 4 nitrogen and oxygen atoms in total. The minimum absolute atomic E-state index is 0.0350. The summed E-state index contributed by atoms with van der Waals surface area (Å²) in [7, 11) is 0. The monoisotopic (exact) mass is 513 g/mol. The zero-order valence-corrected chi connectivity index (χ0v) is 20.7. The maximum Gasteiger partial charge on any atom is 0.236 e. The van der Waals surface area contributed by atoms with Crippen LogP contribution in [0.25, 0.3) is 0 Å². The number of nitrogens with one attached hydrogen (secondary N) is 1. The van der Waals surface area contributed by atoms with E-state index < -0.39 is 0 Å². The van der Waals surface area contributed by atoms with Crippen LogP contribution in [0.15, 0.2) is 34.5 Å². The number of benzene rings is 1. The van der Waals surface area contributed by atoms with E-state index in [0.717, 1.165) is 48.3 Å². The van der Waals surface area contributed by atoms with Crippen LogP contribution in [0.3, 0.4) is 0 Å². The molecule has 2 aliphatic heterocycles. The number of rotatable bonds is 2. The Balaban J connectivity index is 0.00000124. The van der Waals surface area contributed by atoms with Gasteiger partial charge in [0.25, 0.3) is 0 Å². The zero-order chi connectivity index (χ0) is 21.8. The van der Waals surface area contributed by atoms with Crippen molar-refractivity contribution in [3.8, 4) is 0 Å². The Morgan fingerprint density at radius 1 is 1.23 bits per heavy atom. The molecule has 2 heterocycles. The predicted molar refractivity (Wildman–Crippen MR) is 129 cm³/mol. The van der Waals surface area contributed by atoms with Gasteiger partial charge in [0.2, 0.25) is 5.91 Å². The summed E-state index contributed by atoms with van der Waals surface area (Å²) in [5.74, 6) is 0.719. The first-order valence-electron chi connectivity index (χ1n) is 10.8. The number of fused-ring (bicyclic) bond motifs is 2. The minimum Gasteiger partial charge on any atom is -0.383 e. The second-order valence-electron chi connectivity index (χ2n) is 7.80. The standard InChI is InChI=1S/C21H24BrCl2N3O.C2H6/c22-15-7-14-2-1-13-8-16(23)9-17(24)19(13)20(21(14)26-11-15)12-3-5-27(6-4-12)18(28)10-25;1-2/h7-9,11-12,20-21,26H,1-6,10,25H2;1-2H3. The molecule has 1 aromatic carbocycles.